The summed E-state index contributed by atoms with van der Waals surface area (Å²) in [7, 11) is 0. The van der Waals surface area contributed by atoms with Crippen LogP contribution in [0.15, 0.2) is 59.1 Å². The van der Waals surface area contributed by atoms with Crippen molar-refractivity contribution in [1.29, 1.82) is 0 Å². The van der Waals surface area contributed by atoms with Gasteiger partial charge in [-0.25, -0.2) is 0 Å². The summed E-state index contributed by atoms with van der Waals surface area (Å²) >= 11 is 0. The fraction of sp³-hybridized carbons (Fsp3) is 0.304. The van der Waals surface area contributed by atoms with E-state index in [1.54, 1.807) is 12.1 Å². The maximum Gasteiger partial charge on any atom is 0.251 e. The second kappa shape index (κ2) is 8.90. The first-order chi connectivity index (χ1) is 14.6. The summed E-state index contributed by atoms with van der Waals surface area (Å²) in [5, 5.41) is 6.80. The van der Waals surface area contributed by atoms with Gasteiger partial charge in [0.2, 0.25) is 11.8 Å². The van der Waals surface area contributed by atoms with Crippen LogP contribution in [0.2, 0.25) is 0 Å². The van der Waals surface area contributed by atoms with Crippen molar-refractivity contribution < 1.29 is 14.1 Å². The van der Waals surface area contributed by atoms with Crippen LogP contribution in [0.3, 0.4) is 0 Å². The predicted octanol–water partition coefficient (Wildman–Crippen LogP) is 2.87. The molecule has 1 fully saturated rings. The third-order valence-electron chi connectivity index (χ3n) is 5.25. The Morgan fingerprint density at radius 3 is 2.83 bits per heavy atom. The largest absolute Gasteiger partial charge is 0.343 e. The standard InChI is InChI=1S/C23H24N4O3/c1-16-6-5-7-17(12-16)10-11-27-15-19(13-21(27)28)22-25-20(30-26-22)14-24-23(29)18-8-3-2-4-9-18/h2-9,12,19H,10-11,13-15H2,1H3,(H,24,29). The van der Waals surface area contributed by atoms with Crippen molar-refractivity contribution in [3.05, 3.63) is 83.0 Å². The summed E-state index contributed by atoms with van der Waals surface area (Å²) < 4.78 is 5.27. The second-order valence-electron chi connectivity index (χ2n) is 7.57. The maximum atomic E-state index is 12.4. The molecule has 0 radical (unpaired) electrons. The SMILES string of the molecule is Cc1cccc(CCN2CC(c3noc(CNC(=O)c4ccccc4)n3)CC2=O)c1. The van der Waals surface area contributed by atoms with E-state index < -0.39 is 0 Å². The zero-order valence-corrected chi connectivity index (χ0v) is 16.9. The lowest BCUT2D eigenvalue weighted by Gasteiger charge is -2.16. The number of amides is 2. The fourth-order valence-electron chi connectivity index (χ4n) is 3.65. The number of nitrogens with one attached hydrogen (secondary N) is 1. The van der Waals surface area contributed by atoms with Gasteiger partial charge in [0, 0.05) is 31.0 Å². The van der Waals surface area contributed by atoms with Crippen molar-refractivity contribution in [3.63, 3.8) is 0 Å². The monoisotopic (exact) mass is 404 g/mol. The third-order valence-corrected chi connectivity index (χ3v) is 5.25. The summed E-state index contributed by atoms with van der Waals surface area (Å²) in [4.78, 5) is 30.8. The molecule has 1 aromatic heterocycles. The van der Waals surface area contributed by atoms with Crippen molar-refractivity contribution >= 4 is 11.8 Å². The number of carbonyl (C=O) groups is 2. The van der Waals surface area contributed by atoms with Gasteiger partial charge in [0.25, 0.3) is 5.91 Å². The van der Waals surface area contributed by atoms with Crippen LogP contribution in [0.1, 0.15) is 45.5 Å². The summed E-state index contributed by atoms with van der Waals surface area (Å²) in [6.07, 6.45) is 1.20. The number of carbonyl (C=O) groups excluding carboxylic acids is 2. The lowest BCUT2D eigenvalue weighted by molar-refractivity contribution is -0.127. The number of hydrogen-bond donors (Lipinski definition) is 1. The summed E-state index contributed by atoms with van der Waals surface area (Å²) in [6.45, 7) is 3.48. The van der Waals surface area contributed by atoms with Crippen molar-refractivity contribution in [2.24, 2.45) is 0 Å². The van der Waals surface area contributed by atoms with Crippen LogP contribution in [0, 0.1) is 6.92 Å². The molecule has 0 spiro atoms. The summed E-state index contributed by atoms with van der Waals surface area (Å²) in [5.41, 5.74) is 3.02. The van der Waals surface area contributed by atoms with Gasteiger partial charge >= 0.3 is 0 Å². The summed E-state index contributed by atoms with van der Waals surface area (Å²) in [6, 6.07) is 17.3. The molecule has 1 aliphatic heterocycles. The first-order valence-electron chi connectivity index (χ1n) is 10.1. The highest BCUT2D eigenvalue weighted by molar-refractivity contribution is 5.93. The van der Waals surface area contributed by atoms with Crippen LogP contribution in [0.4, 0.5) is 0 Å². The Kier molecular flexibility index (Phi) is 5.88. The lowest BCUT2D eigenvalue weighted by atomic mass is 10.1. The molecule has 2 aromatic carbocycles. The minimum atomic E-state index is -0.200. The molecular weight excluding hydrogens is 380 g/mol. The molecule has 2 amide bonds. The first-order valence-corrected chi connectivity index (χ1v) is 10.1. The average Bonchev–Trinajstić information content (AvgIpc) is 3.38. The Labute approximate surface area is 175 Å². The first kappa shape index (κ1) is 19.8. The van der Waals surface area contributed by atoms with Crippen molar-refractivity contribution in [2.75, 3.05) is 13.1 Å². The maximum absolute atomic E-state index is 12.4. The number of rotatable bonds is 7. The highest BCUT2D eigenvalue weighted by Crippen LogP contribution is 2.26. The molecular formula is C23H24N4O3. The third kappa shape index (κ3) is 4.74. The number of aromatic nitrogens is 2. The minimum absolute atomic E-state index is 0.0858. The Bertz CT molecular complexity index is 1030. The molecule has 0 aliphatic carbocycles. The molecule has 7 heteroatoms. The molecule has 1 aliphatic rings. The van der Waals surface area contributed by atoms with Gasteiger partial charge in [0.15, 0.2) is 5.82 Å². The van der Waals surface area contributed by atoms with Gasteiger partial charge < -0.3 is 14.7 Å². The van der Waals surface area contributed by atoms with Gasteiger partial charge in [0.05, 0.1) is 6.54 Å². The predicted molar refractivity (Wildman–Crippen MR) is 111 cm³/mol. The molecule has 7 nitrogen and oxygen atoms in total. The van der Waals surface area contributed by atoms with E-state index in [0.717, 1.165) is 6.42 Å². The van der Waals surface area contributed by atoms with E-state index in [1.807, 2.05) is 29.2 Å². The van der Waals surface area contributed by atoms with E-state index in [4.69, 9.17) is 4.52 Å². The van der Waals surface area contributed by atoms with E-state index in [1.165, 1.54) is 11.1 Å². The Balaban J connectivity index is 1.30. The number of aryl methyl sites for hydroxylation is 1. The smallest absolute Gasteiger partial charge is 0.251 e. The molecule has 0 saturated carbocycles. The fourth-order valence-corrected chi connectivity index (χ4v) is 3.65. The zero-order valence-electron chi connectivity index (χ0n) is 16.9. The molecule has 1 unspecified atom stereocenters. The quantitative estimate of drug-likeness (QED) is 0.654. The van der Waals surface area contributed by atoms with E-state index in [-0.39, 0.29) is 24.3 Å². The average molecular weight is 404 g/mol. The van der Waals surface area contributed by atoms with Crippen LogP contribution >= 0.6 is 0 Å². The number of hydrogen-bond acceptors (Lipinski definition) is 5. The lowest BCUT2D eigenvalue weighted by Crippen LogP contribution is -2.27. The van der Waals surface area contributed by atoms with Crippen LogP contribution < -0.4 is 5.32 Å². The molecule has 2 heterocycles. The Morgan fingerprint density at radius 2 is 2.03 bits per heavy atom. The highest BCUT2D eigenvalue weighted by atomic mass is 16.5. The number of benzene rings is 2. The number of nitrogens with zero attached hydrogens (tertiary/aromatic N) is 3. The van der Waals surface area contributed by atoms with Gasteiger partial charge in [0.1, 0.15) is 0 Å². The van der Waals surface area contributed by atoms with Gasteiger partial charge in [-0.3, -0.25) is 9.59 Å². The molecule has 3 aromatic rings. The molecule has 4 rings (SSSR count). The van der Waals surface area contributed by atoms with Crippen molar-refractivity contribution in [3.8, 4) is 0 Å². The van der Waals surface area contributed by atoms with E-state index >= 15 is 0 Å². The molecule has 1 N–H and O–H groups in total. The van der Waals surface area contributed by atoms with Gasteiger partial charge in [-0.2, -0.15) is 4.98 Å². The molecule has 0 bridgehead atoms. The molecule has 154 valence electrons. The Hall–Kier alpha value is -3.48. The van der Waals surface area contributed by atoms with Crippen LogP contribution in [-0.4, -0.2) is 39.9 Å². The minimum Gasteiger partial charge on any atom is -0.343 e. The van der Waals surface area contributed by atoms with Gasteiger partial charge in [-0.1, -0.05) is 53.2 Å². The van der Waals surface area contributed by atoms with E-state index in [2.05, 4.69) is 40.6 Å². The molecule has 1 atom stereocenters. The van der Waals surface area contributed by atoms with Crippen LogP contribution in [0.25, 0.3) is 0 Å². The van der Waals surface area contributed by atoms with Crippen LogP contribution in [0.5, 0.6) is 0 Å². The normalized spacial score (nSPS) is 16.1. The second-order valence-corrected chi connectivity index (χ2v) is 7.57. The Morgan fingerprint density at radius 1 is 1.20 bits per heavy atom. The van der Waals surface area contributed by atoms with Crippen LogP contribution in [-0.2, 0) is 17.8 Å². The molecule has 30 heavy (non-hydrogen) atoms. The van der Waals surface area contributed by atoms with Crippen molar-refractivity contribution in [2.45, 2.75) is 32.2 Å². The number of likely N-dealkylation sites (tertiary alicyclic amines) is 1. The van der Waals surface area contributed by atoms with Gasteiger partial charge in [-0.05, 0) is 31.0 Å². The summed E-state index contributed by atoms with van der Waals surface area (Å²) in [5.74, 6) is 0.674. The van der Waals surface area contributed by atoms with E-state index in [9.17, 15) is 9.59 Å². The highest BCUT2D eigenvalue weighted by Gasteiger charge is 2.33. The molecule has 1 saturated heterocycles. The van der Waals surface area contributed by atoms with E-state index in [0.29, 0.717) is 36.8 Å². The van der Waals surface area contributed by atoms with Gasteiger partial charge in [-0.15, -0.1) is 0 Å². The topological polar surface area (TPSA) is 88.3 Å². The zero-order chi connectivity index (χ0) is 20.9. The van der Waals surface area contributed by atoms with Crippen molar-refractivity contribution in [1.82, 2.24) is 20.4 Å².